The first kappa shape index (κ1) is 9.88. The zero-order valence-electron chi connectivity index (χ0n) is 7.14. The van der Waals surface area contributed by atoms with E-state index in [1.54, 1.807) is 0 Å². The zero-order chi connectivity index (χ0) is 9.14. The molecular weight excluding hydrogens is 164 g/mol. The predicted molar refractivity (Wildman–Crippen MR) is 39.6 cm³/mol. The molecule has 0 radical (unpaired) electrons. The second-order valence-corrected chi connectivity index (χ2v) is 2.65. The van der Waals surface area contributed by atoms with Gasteiger partial charge in [0, 0.05) is 14.2 Å². The SMILES string of the molecule is CO[C@H]1O[C@H](CO)[C@H](O)[C@@H]1OC. The average Bonchev–Trinajstić information content (AvgIpc) is 2.41. The largest absolute Gasteiger partial charge is 0.394 e. The molecule has 1 aliphatic rings. The highest BCUT2D eigenvalue weighted by molar-refractivity contribution is 4.87. The first-order valence-electron chi connectivity index (χ1n) is 3.74. The van der Waals surface area contributed by atoms with Gasteiger partial charge in [-0.15, -0.1) is 0 Å². The fourth-order valence-electron chi connectivity index (χ4n) is 1.29. The molecule has 4 atom stereocenters. The lowest BCUT2D eigenvalue weighted by Crippen LogP contribution is -2.35. The highest BCUT2D eigenvalue weighted by Crippen LogP contribution is 2.23. The predicted octanol–water partition coefficient (Wildman–Crippen LogP) is -1.27. The molecule has 0 amide bonds. The van der Waals surface area contributed by atoms with Crippen LogP contribution in [-0.2, 0) is 14.2 Å². The van der Waals surface area contributed by atoms with Crippen LogP contribution in [0.5, 0.6) is 0 Å². The normalized spacial score (nSPS) is 42.0. The first-order chi connectivity index (χ1) is 5.74. The molecule has 0 aromatic rings. The Labute approximate surface area is 70.9 Å². The standard InChI is InChI=1S/C7H14O5/c1-10-6-5(9)4(3-8)12-7(6)11-2/h4-9H,3H2,1-2H3/t4-,5+,6+,7+/m1/s1. The lowest BCUT2D eigenvalue weighted by molar-refractivity contribution is -0.159. The minimum Gasteiger partial charge on any atom is -0.394 e. The molecule has 0 aliphatic carbocycles. The molecule has 0 bridgehead atoms. The first-order valence-corrected chi connectivity index (χ1v) is 3.74. The fourth-order valence-corrected chi connectivity index (χ4v) is 1.29. The third-order valence-electron chi connectivity index (χ3n) is 1.98. The van der Waals surface area contributed by atoms with Crippen molar-refractivity contribution in [1.29, 1.82) is 0 Å². The van der Waals surface area contributed by atoms with E-state index in [4.69, 9.17) is 19.3 Å². The van der Waals surface area contributed by atoms with Crippen LogP contribution in [0.2, 0.25) is 0 Å². The van der Waals surface area contributed by atoms with Crippen molar-refractivity contribution in [3.63, 3.8) is 0 Å². The molecular formula is C7H14O5. The number of aliphatic hydroxyl groups is 2. The van der Waals surface area contributed by atoms with Crippen molar-refractivity contribution in [3.05, 3.63) is 0 Å². The van der Waals surface area contributed by atoms with Gasteiger partial charge in [0.1, 0.15) is 18.3 Å². The van der Waals surface area contributed by atoms with Gasteiger partial charge in [-0.2, -0.15) is 0 Å². The lowest BCUT2D eigenvalue weighted by Gasteiger charge is -2.16. The van der Waals surface area contributed by atoms with E-state index in [0.29, 0.717) is 0 Å². The summed E-state index contributed by atoms with van der Waals surface area (Å²) in [6, 6.07) is 0. The minimum absolute atomic E-state index is 0.235. The van der Waals surface area contributed by atoms with Gasteiger partial charge < -0.3 is 24.4 Å². The summed E-state index contributed by atoms with van der Waals surface area (Å²) in [7, 11) is 2.92. The molecule has 1 fully saturated rings. The number of hydrogen-bond donors (Lipinski definition) is 2. The quantitative estimate of drug-likeness (QED) is 0.563. The summed E-state index contributed by atoms with van der Waals surface area (Å²) in [6.45, 7) is -0.235. The van der Waals surface area contributed by atoms with Gasteiger partial charge in [-0.25, -0.2) is 0 Å². The highest BCUT2D eigenvalue weighted by atomic mass is 16.7. The van der Waals surface area contributed by atoms with Crippen LogP contribution < -0.4 is 0 Å². The van der Waals surface area contributed by atoms with Crippen LogP contribution in [0.3, 0.4) is 0 Å². The molecule has 0 saturated carbocycles. The van der Waals surface area contributed by atoms with Crippen LogP contribution in [0.4, 0.5) is 0 Å². The van der Waals surface area contributed by atoms with Crippen LogP contribution >= 0.6 is 0 Å². The second kappa shape index (κ2) is 4.15. The van der Waals surface area contributed by atoms with E-state index in [2.05, 4.69) is 0 Å². The topological polar surface area (TPSA) is 68.2 Å². The Morgan fingerprint density at radius 3 is 2.33 bits per heavy atom. The number of methoxy groups -OCH3 is 2. The number of ether oxygens (including phenoxy) is 3. The van der Waals surface area contributed by atoms with Crippen molar-refractivity contribution in [2.75, 3.05) is 20.8 Å². The Bertz CT molecular complexity index is 138. The van der Waals surface area contributed by atoms with Gasteiger partial charge >= 0.3 is 0 Å². The van der Waals surface area contributed by atoms with Crippen molar-refractivity contribution in [1.82, 2.24) is 0 Å². The lowest BCUT2D eigenvalue weighted by atomic mass is 10.1. The van der Waals surface area contributed by atoms with E-state index < -0.39 is 24.6 Å². The molecule has 0 aromatic heterocycles. The van der Waals surface area contributed by atoms with Crippen LogP contribution in [-0.4, -0.2) is 55.6 Å². The molecule has 0 aromatic carbocycles. The fraction of sp³-hybridized carbons (Fsp3) is 1.00. The highest BCUT2D eigenvalue weighted by Gasteiger charge is 2.43. The Morgan fingerprint density at radius 1 is 1.33 bits per heavy atom. The van der Waals surface area contributed by atoms with Crippen molar-refractivity contribution < 1.29 is 24.4 Å². The van der Waals surface area contributed by atoms with Gasteiger partial charge in [0.05, 0.1) is 6.61 Å². The molecule has 72 valence electrons. The summed E-state index contributed by atoms with van der Waals surface area (Å²) in [5, 5.41) is 18.2. The van der Waals surface area contributed by atoms with Crippen LogP contribution in [0, 0.1) is 0 Å². The van der Waals surface area contributed by atoms with Crippen LogP contribution in [0.1, 0.15) is 0 Å². The molecule has 2 N–H and O–H groups in total. The molecule has 5 nitrogen and oxygen atoms in total. The van der Waals surface area contributed by atoms with Crippen molar-refractivity contribution in [2.24, 2.45) is 0 Å². The monoisotopic (exact) mass is 178 g/mol. The van der Waals surface area contributed by atoms with Crippen molar-refractivity contribution >= 4 is 0 Å². The molecule has 1 saturated heterocycles. The van der Waals surface area contributed by atoms with Crippen molar-refractivity contribution in [2.45, 2.75) is 24.6 Å². The molecule has 1 rings (SSSR count). The van der Waals surface area contributed by atoms with E-state index >= 15 is 0 Å². The second-order valence-electron chi connectivity index (χ2n) is 2.65. The van der Waals surface area contributed by atoms with Gasteiger partial charge in [-0.05, 0) is 0 Å². The molecule has 5 heteroatoms. The van der Waals surface area contributed by atoms with Gasteiger partial charge in [-0.1, -0.05) is 0 Å². The summed E-state index contributed by atoms with van der Waals surface area (Å²) in [6.07, 6.45) is -2.56. The summed E-state index contributed by atoms with van der Waals surface area (Å²) in [5.41, 5.74) is 0. The Kier molecular flexibility index (Phi) is 3.42. The summed E-state index contributed by atoms with van der Waals surface area (Å²) in [5.74, 6) is 0. The smallest absolute Gasteiger partial charge is 0.186 e. The Morgan fingerprint density at radius 2 is 2.00 bits per heavy atom. The van der Waals surface area contributed by atoms with Gasteiger partial charge in [0.25, 0.3) is 0 Å². The summed E-state index contributed by atoms with van der Waals surface area (Å²) >= 11 is 0. The summed E-state index contributed by atoms with van der Waals surface area (Å²) in [4.78, 5) is 0. The molecule has 1 heterocycles. The summed E-state index contributed by atoms with van der Waals surface area (Å²) < 4.78 is 15.0. The maximum Gasteiger partial charge on any atom is 0.186 e. The van der Waals surface area contributed by atoms with Gasteiger partial charge in [0.15, 0.2) is 6.29 Å². The molecule has 12 heavy (non-hydrogen) atoms. The number of aliphatic hydroxyl groups excluding tert-OH is 2. The van der Waals surface area contributed by atoms with Crippen molar-refractivity contribution in [3.8, 4) is 0 Å². The number of rotatable bonds is 3. The van der Waals surface area contributed by atoms with E-state index in [-0.39, 0.29) is 6.61 Å². The molecule has 0 unspecified atom stereocenters. The third kappa shape index (κ3) is 1.60. The third-order valence-corrected chi connectivity index (χ3v) is 1.98. The van der Waals surface area contributed by atoms with Crippen LogP contribution in [0.15, 0.2) is 0 Å². The molecule has 1 aliphatic heterocycles. The maximum absolute atomic E-state index is 9.46. The van der Waals surface area contributed by atoms with E-state index in [9.17, 15) is 5.11 Å². The van der Waals surface area contributed by atoms with E-state index in [1.165, 1.54) is 14.2 Å². The Hall–Kier alpha value is -0.200. The van der Waals surface area contributed by atoms with Gasteiger partial charge in [0.2, 0.25) is 0 Å². The molecule has 0 spiro atoms. The number of hydrogen-bond acceptors (Lipinski definition) is 5. The van der Waals surface area contributed by atoms with E-state index in [1.807, 2.05) is 0 Å². The maximum atomic E-state index is 9.46. The van der Waals surface area contributed by atoms with Gasteiger partial charge in [-0.3, -0.25) is 0 Å². The zero-order valence-corrected chi connectivity index (χ0v) is 7.14. The Balaban J connectivity index is 2.58. The minimum atomic E-state index is -0.829. The van der Waals surface area contributed by atoms with E-state index in [0.717, 1.165) is 0 Å². The van der Waals surface area contributed by atoms with Crippen LogP contribution in [0.25, 0.3) is 0 Å². The average molecular weight is 178 g/mol.